The van der Waals surface area contributed by atoms with Gasteiger partial charge < -0.3 is 14.2 Å². The molecule has 1 fully saturated rings. The van der Waals surface area contributed by atoms with Crippen LogP contribution in [0.25, 0.3) is 6.08 Å². The Balaban J connectivity index is 1.81. The molecule has 146 valence electrons. The van der Waals surface area contributed by atoms with Crippen LogP contribution < -0.4 is 14.2 Å². The average Bonchev–Trinajstić information content (AvgIpc) is 2.98. The Kier molecular flexibility index (Phi) is 6.59. The fourth-order valence-electron chi connectivity index (χ4n) is 2.91. The number of nitrogens with zero attached hydrogens (tertiary/aromatic N) is 1. The fraction of sp³-hybridized carbons (Fsp3) is 0.238. The summed E-state index contributed by atoms with van der Waals surface area (Å²) in [7, 11) is 4.67. The van der Waals surface area contributed by atoms with Gasteiger partial charge in [-0.2, -0.15) is 0 Å². The maximum atomic E-state index is 12.8. The van der Waals surface area contributed by atoms with Gasteiger partial charge in [-0.25, -0.2) is 0 Å². The topological polar surface area (TPSA) is 48.0 Å². The second-order valence-corrected chi connectivity index (χ2v) is 7.70. The van der Waals surface area contributed by atoms with Crippen molar-refractivity contribution in [1.82, 2.24) is 4.90 Å². The number of amides is 1. The highest BCUT2D eigenvalue weighted by Gasteiger charge is 2.31. The predicted molar refractivity (Wildman–Crippen MR) is 116 cm³/mol. The largest absolute Gasteiger partial charge is 0.493 e. The van der Waals surface area contributed by atoms with Crippen molar-refractivity contribution in [3.05, 3.63) is 58.5 Å². The van der Waals surface area contributed by atoms with Crippen LogP contribution in [0.5, 0.6) is 17.2 Å². The van der Waals surface area contributed by atoms with Crippen LogP contribution in [0.15, 0.2) is 47.4 Å². The summed E-state index contributed by atoms with van der Waals surface area (Å²) in [6, 6.07) is 13.7. The smallest absolute Gasteiger partial charge is 0.266 e. The molecule has 1 aliphatic rings. The zero-order chi connectivity index (χ0) is 20.1. The van der Waals surface area contributed by atoms with Gasteiger partial charge >= 0.3 is 0 Å². The third-order valence-corrected chi connectivity index (χ3v) is 5.70. The van der Waals surface area contributed by atoms with E-state index in [-0.39, 0.29) is 5.91 Å². The molecular weight excluding hydrogens is 394 g/mol. The SMILES string of the molecule is COc1cc(/C=C2\SC(=S)N(CCc3ccccc3)C2=O)cc(OC)c1OC. The normalized spacial score (nSPS) is 15.2. The highest BCUT2D eigenvalue weighted by molar-refractivity contribution is 8.26. The molecule has 0 spiro atoms. The summed E-state index contributed by atoms with van der Waals surface area (Å²) in [5.74, 6) is 1.50. The van der Waals surface area contributed by atoms with Crippen molar-refractivity contribution >= 4 is 40.3 Å². The fourth-order valence-corrected chi connectivity index (χ4v) is 4.22. The number of hydrogen-bond acceptors (Lipinski definition) is 6. The van der Waals surface area contributed by atoms with Gasteiger partial charge in [0.1, 0.15) is 4.32 Å². The van der Waals surface area contributed by atoms with Crippen molar-refractivity contribution in [1.29, 1.82) is 0 Å². The summed E-state index contributed by atoms with van der Waals surface area (Å²) in [5, 5.41) is 0. The van der Waals surface area contributed by atoms with E-state index in [1.165, 1.54) is 17.3 Å². The number of methoxy groups -OCH3 is 3. The summed E-state index contributed by atoms with van der Waals surface area (Å²) in [4.78, 5) is 15.1. The molecular formula is C21H21NO4S2. The van der Waals surface area contributed by atoms with Gasteiger partial charge in [0.05, 0.1) is 26.2 Å². The highest BCUT2D eigenvalue weighted by Crippen LogP contribution is 2.40. The molecule has 0 N–H and O–H groups in total. The molecule has 0 unspecified atom stereocenters. The molecule has 0 aromatic heterocycles. The molecule has 0 aliphatic carbocycles. The van der Waals surface area contributed by atoms with E-state index in [0.29, 0.717) is 33.0 Å². The van der Waals surface area contributed by atoms with E-state index in [4.69, 9.17) is 26.4 Å². The van der Waals surface area contributed by atoms with Gasteiger partial charge in [0.2, 0.25) is 5.75 Å². The maximum Gasteiger partial charge on any atom is 0.266 e. The first kappa shape index (κ1) is 20.2. The molecule has 1 saturated heterocycles. The molecule has 0 atom stereocenters. The molecule has 0 radical (unpaired) electrons. The molecule has 1 heterocycles. The van der Waals surface area contributed by atoms with Crippen LogP contribution in [0.1, 0.15) is 11.1 Å². The molecule has 2 aromatic carbocycles. The van der Waals surface area contributed by atoms with Crippen LogP contribution in [0.4, 0.5) is 0 Å². The lowest BCUT2D eigenvalue weighted by Crippen LogP contribution is -2.30. The molecule has 3 rings (SSSR count). The standard InChI is InChI=1S/C21H21NO4S2/c1-24-16-11-15(12-17(25-2)19(16)26-3)13-18-20(23)22(21(27)28-18)10-9-14-7-5-4-6-8-14/h4-8,11-13H,9-10H2,1-3H3/b18-13-. The van der Waals surface area contributed by atoms with Crippen molar-refractivity contribution in [3.63, 3.8) is 0 Å². The first-order valence-corrected chi connectivity index (χ1v) is 9.89. The van der Waals surface area contributed by atoms with Gasteiger partial charge in [0.25, 0.3) is 5.91 Å². The quantitative estimate of drug-likeness (QED) is 0.500. The molecule has 1 aliphatic heterocycles. The Hall–Kier alpha value is -2.51. The van der Waals surface area contributed by atoms with Crippen molar-refractivity contribution < 1.29 is 19.0 Å². The van der Waals surface area contributed by atoms with Crippen LogP contribution in [0, 0.1) is 0 Å². The van der Waals surface area contributed by atoms with Gasteiger partial charge in [0.15, 0.2) is 11.5 Å². The minimum absolute atomic E-state index is 0.0836. The lowest BCUT2D eigenvalue weighted by Gasteiger charge is -2.14. The van der Waals surface area contributed by atoms with Crippen molar-refractivity contribution in [3.8, 4) is 17.2 Å². The second-order valence-electron chi connectivity index (χ2n) is 6.03. The van der Waals surface area contributed by atoms with Crippen LogP contribution in [0.2, 0.25) is 0 Å². The molecule has 7 heteroatoms. The number of carbonyl (C=O) groups is 1. The summed E-state index contributed by atoms with van der Waals surface area (Å²) in [6.07, 6.45) is 2.55. The zero-order valence-corrected chi connectivity index (χ0v) is 17.6. The monoisotopic (exact) mass is 415 g/mol. The van der Waals surface area contributed by atoms with Crippen LogP contribution in [-0.4, -0.2) is 43.0 Å². The van der Waals surface area contributed by atoms with Gasteiger partial charge in [-0.15, -0.1) is 0 Å². The minimum atomic E-state index is -0.0836. The predicted octanol–water partition coefficient (Wildman–Crippen LogP) is 4.16. The Morgan fingerprint density at radius 2 is 1.68 bits per heavy atom. The van der Waals surface area contributed by atoms with E-state index in [9.17, 15) is 4.79 Å². The van der Waals surface area contributed by atoms with E-state index < -0.39 is 0 Å². The Morgan fingerprint density at radius 3 is 2.25 bits per heavy atom. The van der Waals surface area contributed by atoms with Crippen molar-refractivity contribution in [2.45, 2.75) is 6.42 Å². The molecule has 28 heavy (non-hydrogen) atoms. The van der Waals surface area contributed by atoms with E-state index in [1.54, 1.807) is 44.4 Å². The molecule has 0 bridgehead atoms. The second kappa shape index (κ2) is 9.12. The summed E-state index contributed by atoms with van der Waals surface area (Å²) < 4.78 is 16.7. The number of carbonyl (C=O) groups excluding carboxylic acids is 1. The van der Waals surface area contributed by atoms with E-state index >= 15 is 0 Å². The molecule has 0 saturated carbocycles. The van der Waals surface area contributed by atoms with Gasteiger partial charge in [0, 0.05) is 6.54 Å². The molecule has 1 amide bonds. The van der Waals surface area contributed by atoms with Crippen LogP contribution >= 0.6 is 24.0 Å². The first-order valence-electron chi connectivity index (χ1n) is 8.66. The summed E-state index contributed by atoms with van der Waals surface area (Å²) in [5.41, 5.74) is 1.95. The van der Waals surface area contributed by atoms with Crippen molar-refractivity contribution in [2.24, 2.45) is 0 Å². The number of ether oxygens (including phenoxy) is 3. The number of thioether (sulfide) groups is 1. The third kappa shape index (κ3) is 4.31. The molecule has 2 aromatic rings. The lowest BCUT2D eigenvalue weighted by molar-refractivity contribution is -0.122. The van der Waals surface area contributed by atoms with Gasteiger partial charge in [-0.05, 0) is 35.8 Å². The lowest BCUT2D eigenvalue weighted by atomic mass is 10.1. The van der Waals surface area contributed by atoms with Crippen LogP contribution in [-0.2, 0) is 11.2 Å². The highest BCUT2D eigenvalue weighted by atomic mass is 32.2. The van der Waals surface area contributed by atoms with E-state index in [0.717, 1.165) is 12.0 Å². The van der Waals surface area contributed by atoms with E-state index in [1.807, 2.05) is 30.3 Å². The maximum absolute atomic E-state index is 12.8. The van der Waals surface area contributed by atoms with Crippen LogP contribution in [0.3, 0.4) is 0 Å². The Morgan fingerprint density at radius 1 is 1.04 bits per heavy atom. The summed E-state index contributed by atoms with van der Waals surface area (Å²) >= 11 is 6.73. The van der Waals surface area contributed by atoms with Gasteiger partial charge in [-0.3, -0.25) is 9.69 Å². The summed E-state index contributed by atoms with van der Waals surface area (Å²) in [6.45, 7) is 0.557. The number of thiocarbonyl (C=S) groups is 1. The van der Waals surface area contributed by atoms with E-state index in [2.05, 4.69) is 0 Å². The molecule has 5 nitrogen and oxygen atoms in total. The first-order chi connectivity index (χ1) is 13.6. The number of benzene rings is 2. The van der Waals surface area contributed by atoms with Gasteiger partial charge in [-0.1, -0.05) is 54.3 Å². The van der Waals surface area contributed by atoms with Crippen molar-refractivity contribution in [2.75, 3.05) is 27.9 Å². The Labute approximate surface area is 174 Å². The zero-order valence-electron chi connectivity index (χ0n) is 15.9. The minimum Gasteiger partial charge on any atom is -0.493 e. The number of rotatable bonds is 7. The average molecular weight is 416 g/mol. The third-order valence-electron chi connectivity index (χ3n) is 4.33. The Bertz CT molecular complexity index is 887. The number of hydrogen-bond donors (Lipinski definition) is 0.